The lowest BCUT2D eigenvalue weighted by atomic mass is 9.75. The van der Waals surface area contributed by atoms with Crippen LogP contribution in [0.2, 0.25) is 0 Å². The van der Waals surface area contributed by atoms with Crippen LogP contribution in [0, 0.1) is 13.8 Å². The lowest BCUT2D eigenvalue weighted by Gasteiger charge is -2.28. The monoisotopic (exact) mass is 566 g/mol. The third-order valence-corrected chi connectivity index (χ3v) is 10.7. The third-order valence-electron chi connectivity index (χ3n) is 10.7. The van der Waals surface area contributed by atoms with Crippen LogP contribution < -0.4 is 9.13 Å². The Kier molecular flexibility index (Phi) is 9.31. The van der Waals surface area contributed by atoms with E-state index >= 15 is 0 Å². The Morgan fingerprint density at radius 2 is 0.881 bits per heavy atom. The van der Waals surface area contributed by atoms with Gasteiger partial charge in [-0.25, -0.2) is 9.13 Å². The molecule has 0 saturated carbocycles. The van der Waals surface area contributed by atoms with Crippen LogP contribution in [0.15, 0.2) is 36.9 Å². The quantitative estimate of drug-likeness (QED) is 0.135. The van der Waals surface area contributed by atoms with E-state index in [2.05, 4.69) is 101 Å². The SMILES string of the molecule is CCCCCCCC[n+]1ccc2c(c1)C(C)(C)c1c(C)c3c(c(C)c1-2)C(C)(C)c1c[n+](CCCCCCCC)ccc1-3. The molecule has 2 aromatic heterocycles. The van der Waals surface area contributed by atoms with Crippen LogP contribution in [-0.4, -0.2) is 0 Å². The number of hydrogen-bond donors (Lipinski definition) is 0. The van der Waals surface area contributed by atoms with E-state index < -0.39 is 0 Å². The highest BCUT2D eigenvalue weighted by molar-refractivity contribution is 5.93. The van der Waals surface area contributed by atoms with Crippen molar-refractivity contribution < 1.29 is 9.13 Å². The third kappa shape index (κ3) is 5.48. The van der Waals surface area contributed by atoms with E-state index in [1.165, 1.54) is 122 Å². The van der Waals surface area contributed by atoms with Crippen LogP contribution >= 0.6 is 0 Å². The predicted molar refractivity (Wildman–Crippen MR) is 178 cm³/mol. The molecule has 226 valence electrons. The number of unbranched alkanes of at least 4 members (excludes halogenated alkanes) is 10. The molecule has 2 aliphatic rings. The van der Waals surface area contributed by atoms with E-state index in [0.717, 1.165) is 13.1 Å². The molecule has 0 bridgehead atoms. The van der Waals surface area contributed by atoms with Crippen molar-refractivity contribution in [1.29, 1.82) is 0 Å². The number of pyridine rings is 2. The summed E-state index contributed by atoms with van der Waals surface area (Å²) in [5.41, 5.74) is 15.0. The number of nitrogens with zero attached hydrogens (tertiary/aromatic N) is 2. The maximum atomic E-state index is 2.48. The number of benzene rings is 1. The fourth-order valence-electron chi connectivity index (χ4n) is 8.44. The second-order valence-corrected chi connectivity index (χ2v) is 14.6. The topological polar surface area (TPSA) is 7.76 Å². The van der Waals surface area contributed by atoms with Gasteiger partial charge in [-0.2, -0.15) is 0 Å². The maximum absolute atomic E-state index is 2.48. The zero-order valence-corrected chi connectivity index (χ0v) is 28.3. The zero-order chi connectivity index (χ0) is 30.1. The van der Waals surface area contributed by atoms with Crippen molar-refractivity contribution in [2.24, 2.45) is 0 Å². The average Bonchev–Trinajstić information content (AvgIpc) is 3.35. The van der Waals surface area contributed by atoms with E-state index in [9.17, 15) is 0 Å². The number of aryl methyl sites for hydroxylation is 2. The van der Waals surface area contributed by atoms with Crippen molar-refractivity contribution in [3.8, 4) is 22.3 Å². The molecule has 0 aliphatic heterocycles. The molecule has 0 saturated heterocycles. The van der Waals surface area contributed by atoms with Gasteiger partial charge in [-0.05, 0) is 71.2 Å². The van der Waals surface area contributed by atoms with E-state index in [1.54, 1.807) is 11.1 Å². The molecule has 2 heterocycles. The van der Waals surface area contributed by atoms with Gasteiger partial charge in [-0.1, -0.05) is 92.9 Å². The van der Waals surface area contributed by atoms with Crippen molar-refractivity contribution in [3.63, 3.8) is 0 Å². The van der Waals surface area contributed by atoms with Crippen LogP contribution in [0.5, 0.6) is 0 Å². The van der Waals surface area contributed by atoms with Crippen molar-refractivity contribution in [3.05, 3.63) is 70.3 Å². The van der Waals surface area contributed by atoms with Gasteiger partial charge in [-0.15, -0.1) is 0 Å². The molecule has 1 aromatic carbocycles. The van der Waals surface area contributed by atoms with E-state index in [1.807, 2.05) is 0 Å². The van der Waals surface area contributed by atoms with Gasteiger partial charge in [0.05, 0.1) is 0 Å². The molecule has 0 fully saturated rings. The van der Waals surface area contributed by atoms with Crippen molar-refractivity contribution in [2.45, 2.75) is 156 Å². The van der Waals surface area contributed by atoms with Crippen LogP contribution in [0.4, 0.5) is 0 Å². The first-order valence-electron chi connectivity index (χ1n) is 17.4. The second-order valence-electron chi connectivity index (χ2n) is 14.6. The molecule has 0 amide bonds. The summed E-state index contributed by atoms with van der Waals surface area (Å²) in [6.45, 7) is 21.5. The highest BCUT2D eigenvalue weighted by Gasteiger charge is 2.47. The molecule has 42 heavy (non-hydrogen) atoms. The smallest absolute Gasteiger partial charge is 0.173 e. The second kappa shape index (κ2) is 12.6. The number of rotatable bonds is 14. The lowest BCUT2D eigenvalue weighted by Crippen LogP contribution is -2.35. The highest BCUT2D eigenvalue weighted by Crippen LogP contribution is 2.59. The summed E-state index contributed by atoms with van der Waals surface area (Å²) < 4.78 is 4.93. The van der Waals surface area contributed by atoms with Gasteiger partial charge >= 0.3 is 0 Å². The van der Waals surface area contributed by atoms with Gasteiger partial charge in [-0.3, -0.25) is 0 Å². The Balaban J connectivity index is 1.44. The maximum Gasteiger partial charge on any atom is 0.173 e. The molecular weight excluding hydrogens is 508 g/mol. The Bertz CT molecular complexity index is 1320. The highest BCUT2D eigenvalue weighted by atomic mass is 14.9. The summed E-state index contributed by atoms with van der Waals surface area (Å²) in [6, 6.07) is 4.87. The number of fused-ring (bicyclic) bond motifs is 6. The van der Waals surface area contributed by atoms with E-state index in [4.69, 9.17) is 0 Å². The Morgan fingerprint density at radius 3 is 1.26 bits per heavy atom. The molecule has 3 aromatic rings. The minimum Gasteiger partial charge on any atom is -0.205 e. The minimum absolute atomic E-state index is 0.00195. The summed E-state index contributed by atoms with van der Waals surface area (Å²) in [5, 5.41) is 0. The molecular formula is C40H58N2+2. The zero-order valence-electron chi connectivity index (χ0n) is 28.3. The lowest BCUT2D eigenvalue weighted by molar-refractivity contribution is -0.697. The first-order valence-corrected chi connectivity index (χ1v) is 17.4. The molecule has 0 atom stereocenters. The molecule has 2 nitrogen and oxygen atoms in total. The van der Waals surface area contributed by atoms with Crippen LogP contribution in [0.3, 0.4) is 0 Å². The van der Waals surface area contributed by atoms with Gasteiger partial charge < -0.3 is 0 Å². The first kappa shape index (κ1) is 31.0. The van der Waals surface area contributed by atoms with Gasteiger partial charge in [0.2, 0.25) is 0 Å². The largest absolute Gasteiger partial charge is 0.205 e. The summed E-state index contributed by atoms with van der Waals surface area (Å²) in [5.74, 6) is 0. The summed E-state index contributed by atoms with van der Waals surface area (Å²) in [4.78, 5) is 0. The normalized spacial score (nSPS) is 15.4. The fourth-order valence-corrected chi connectivity index (χ4v) is 8.44. The van der Waals surface area contributed by atoms with Gasteiger partial charge in [0.1, 0.15) is 13.1 Å². The molecule has 0 N–H and O–H groups in total. The molecule has 0 radical (unpaired) electrons. The Hall–Kier alpha value is -2.48. The minimum atomic E-state index is -0.00195. The summed E-state index contributed by atoms with van der Waals surface area (Å²) >= 11 is 0. The van der Waals surface area contributed by atoms with E-state index in [-0.39, 0.29) is 10.8 Å². The molecule has 5 rings (SSSR count). The predicted octanol–water partition coefficient (Wildman–Crippen LogP) is 10.2. The fraction of sp³-hybridized carbons (Fsp3) is 0.600. The summed E-state index contributed by atoms with van der Waals surface area (Å²) in [7, 11) is 0. The molecule has 0 spiro atoms. The molecule has 2 heteroatoms. The van der Waals surface area contributed by atoms with Crippen molar-refractivity contribution >= 4 is 0 Å². The van der Waals surface area contributed by atoms with Crippen LogP contribution in [0.1, 0.15) is 152 Å². The van der Waals surface area contributed by atoms with Crippen LogP contribution in [0.25, 0.3) is 22.3 Å². The van der Waals surface area contributed by atoms with Crippen LogP contribution in [-0.2, 0) is 23.9 Å². The number of hydrogen-bond acceptors (Lipinski definition) is 0. The Morgan fingerprint density at radius 1 is 0.524 bits per heavy atom. The average molecular weight is 567 g/mol. The van der Waals surface area contributed by atoms with Crippen molar-refractivity contribution in [2.75, 3.05) is 0 Å². The molecule has 0 unspecified atom stereocenters. The van der Waals surface area contributed by atoms with E-state index in [0.29, 0.717) is 0 Å². The van der Waals surface area contributed by atoms with Crippen molar-refractivity contribution in [1.82, 2.24) is 0 Å². The Labute approximate surface area is 257 Å². The number of aromatic nitrogens is 2. The van der Waals surface area contributed by atoms with Gasteiger partial charge in [0.15, 0.2) is 24.8 Å². The molecule has 2 aliphatic carbocycles. The van der Waals surface area contributed by atoms with Gasteiger partial charge in [0.25, 0.3) is 0 Å². The standard InChI is InChI=1S/C40H58N2/c1-9-11-13-15-17-19-23-41-25-21-31-33(27-41)39(5,6)37-30(4)36-32-22-26-42(24-20-18-16-14-12-10-2)28-34(32)40(7,8)38(36)29(3)35(31)37/h21-22,25-28H,9-20,23-24H2,1-8H3/q+2. The first-order chi connectivity index (χ1) is 20.1. The van der Waals surface area contributed by atoms with Gasteiger partial charge in [0, 0.05) is 46.9 Å². The summed E-state index contributed by atoms with van der Waals surface area (Å²) in [6.07, 6.45) is 25.8.